The average molecular weight is 637 g/mol. The number of amides is 2. The van der Waals surface area contributed by atoms with Gasteiger partial charge in [-0.3, -0.25) is 13.9 Å². The van der Waals surface area contributed by atoms with Gasteiger partial charge in [-0.15, -0.1) is 11.8 Å². The van der Waals surface area contributed by atoms with E-state index in [0.29, 0.717) is 27.8 Å². The largest absolute Gasteiger partial charge is 0.354 e. The summed E-state index contributed by atoms with van der Waals surface area (Å²) in [5.74, 6) is -0.895. The Kier molecular flexibility index (Phi) is 12.0. The normalized spacial score (nSPS) is 12.0. The van der Waals surface area contributed by atoms with Gasteiger partial charge in [0.2, 0.25) is 11.8 Å². The summed E-state index contributed by atoms with van der Waals surface area (Å²) in [4.78, 5) is 29.4. The van der Waals surface area contributed by atoms with E-state index >= 15 is 0 Å². The molecular formula is C30H35Cl2N3O4S2. The summed E-state index contributed by atoms with van der Waals surface area (Å²) in [5, 5.41) is 3.64. The second-order valence-electron chi connectivity index (χ2n) is 9.60. The van der Waals surface area contributed by atoms with E-state index in [1.54, 1.807) is 61.5 Å². The fourth-order valence-corrected chi connectivity index (χ4v) is 6.36. The number of unbranched alkanes of at least 4 members (excludes halogenated alkanes) is 1. The molecule has 3 aromatic carbocycles. The zero-order valence-electron chi connectivity index (χ0n) is 23.6. The van der Waals surface area contributed by atoms with Crippen LogP contribution in [0.1, 0.15) is 37.8 Å². The van der Waals surface area contributed by atoms with Crippen LogP contribution in [0.5, 0.6) is 0 Å². The molecule has 0 radical (unpaired) electrons. The van der Waals surface area contributed by atoms with Crippen molar-refractivity contribution in [3.8, 4) is 0 Å². The second kappa shape index (κ2) is 15.0. The number of benzene rings is 3. The Hall–Kier alpha value is -2.72. The lowest BCUT2D eigenvalue weighted by molar-refractivity contribution is -0.139. The van der Waals surface area contributed by atoms with E-state index in [-0.39, 0.29) is 17.3 Å². The van der Waals surface area contributed by atoms with Crippen molar-refractivity contribution in [3.63, 3.8) is 0 Å². The number of thioether (sulfide) groups is 1. The van der Waals surface area contributed by atoms with Crippen LogP contribution < -0.4 is 9.62 Å². The van der Waals surface area contributed by atoms with E-state index in [9.17, 15) is 18.0 Å². The monoisotopic (exact) mass is 635 g/mol. The van der Waals surface area contributed by atoms with Crippen LogP contribution in [0.15, 0.2) is 76.5 Å². The van der Waals surface area contributed by atoms with E-state index in [1.807, 2.05) is 20.1 Å². The number of halogens is 2. The van der Waals surface area contributed by atoms with Crippen molar-refractivity contribution in [2.24, 2.45) is 0 Å². The van der Waals surface area contributed by atoms with Crippen LogP contribution in [-0.4, -0.2) is 50.5 Å². The summed E-state index contributed by atoms with van der Waals surface area (Å²) in [7, 11) is -4.14. The summed E-state index contributed by atoms with van der Waals surface area (Å²) >= 11 is 14.0. The van der Waals surface area contributed by atoms with Crippen LogP contribution in [0, 0.1) is 6.92 Å². The Labute approximate surface area is 257 Å². The topological polar surface area (TPSA) is 86.8 Å². The van der Waals surface area contributed by atoms with Gasteiger partial charge in [0.15, 0.2) is 0 Å². The van der Waals surface area contributed by atoms with Gasteiger partial charge in [0, 0.05) is 28.0 Å². The number of hydrogen-bond acceptors (Lipinski definition) is 5. The molecule has 0 fully saturated rings. The van der Waals surface area contributed by atoms with Gasteiger partial charge in [-0.05, 0) is 80.6 Å². The standard InChI is InChI=1S/C30H35Cl2N3O4S2/c1-5-6-17-33-30(37)22(3)34(19-23-9-10-24(31)18-28(23)32)29(36)20-35(25-11-7-21(2)8-12-25)41(38,39)27-15-13-26(40-4)14-16-27/h7-16,18,22H,5-6,17,19-20H2,1-4H3,(H,33,37)/t22-/m0/s1. The molecule has 220 valence electrons. The van der Waals surface area contributed by atoms with Crippen molar-refractivity contribution in [1.29, 1.82) is 0 Å². The smallest absolute Gasteiger partial charge is 0.264 e. The molecule has 1 atom stereocenters. The highest BCUT2D eigenvalue weighted by Crippen LogP contribution is 2.27. The van der Waals surface area contributed by atoms with E-state index in [0.717, 1.165) is 27.6 Å². The predicted octanol–water partition coefficient (Wildman–Crippen LogP) is 6.55. The maximum atomic E-state index is 14.0. The molecule has 0 spiro atoms. The number of carbonyl (C=O) groups is 2. The molecule has 0 heterocycles. The molecule has 0 saturated carbocycles. The number of aryl methyl sites for hydroxylation is 1. The lowest BCUT2D eigenvalue weighted by Gasteiger charge is -2.32. The number of hydrogen-bond donors (Lipinski definition) is 1. The highest BCUT2D eigenvalue weighted by Gasteiger charge is 2.32. The third-order valence-electron chi connectivity index (χ3n) is 6.60. The highest BCUT2D eigenvalue weighted by molar-refractivity contribution is 7.98. The van der Waals surface area contributed by atoms with Crippen LogP contribution in [0.25, 0.3) is 0 Å². The minimum atomic E-state index is -4.14. The van der Waals surface area contributed by atoms with Gasteiger partial charge in [-0.1, -0.05) is 60.3 Å². The number of sulfonamides is 1. The van der Waals surface area contributed by atoms with Gasteiger partial charge in [0.25, 0.3) is 10.0 Å². The summed E-state index contributed by atoms with van der Waals surface area (Å²) < 4.78 is 29.0. The second-order valence-corrected chi connectivity index (χ2v) is 13.2. The van der Waals surface area contributed by atoms with Crippen molar-refractivity contribution in [2.45, 2.75) is 56.0 Å². The van der Waals surface area contributed by atoms with Gasteiger partial charge in [-0.2, -0.15) is 0 Å². The van der Waals surface area contributed by atoms with Crippen LogP contribution in [0.2, 0.25) is 10.0 Å². The summed E-state index contributed by atoms with van der Waals surface area (Å²) in [5.41, 5.74) is 1.86. The number of anilines is 1. The molecule has 3 aromatic rings. The van der Waals surface area contributed by atoms with Crippen molar-refractivity contribution in [3.05, 3.63) is 87.9 Å². The van der Waals surface area contributed by atoms with Crippen molar-refractivity contribution in [1.82, 2.24) is 10.2 Å². The fourth-order valence-electron chi connectivity index (χ4n) is 4.07. The number of carbonyl (C=O) groups excluding carboxylic acids is 2. The zero-order valence-corrected chi connectivity index (χ0v) is 26.7. The summed E-state index contributed by atoms with van der Waals surface area (Å²) in [6.07, 6.45) is 3.60. The van der Waals surface area contributed by atoms with Gasteiger partial charge in [0.05, 0.1) is 10.6 Å². The van der Waals surface area contributed by atoms with E-state index < -0.39 is 28.5 Å². The first-order valence-corrected chi connectivity index (χ1v) is 16.6. The maximum Gasteiger partial charge on any atom is 0.264 e. The van der Waals surface area contributed by atoms with Gasteiger partial charge < -0.3 is 10.2 Å². The zero-order chi connectivity index (χ0) is 30.2. The molecule has 11 heteroatoms. The Morgan fingerprint density at radius 1 is 1.00 bits per heavy atom. The molecule has 0 aliphatic rings. The molecule has 0 aliphatic heterocycles. The Balaban J connectivity index is 2.02. The highest BCUT2D eigenvalue weighted by atomic mass is 35.5. The van der Waals surface area contributed by atoms with E-state index in [1.165, 1.54) is 28.8 Å². The molecule has 2 amide bonds. The van der Waals surface area contributed by atoms with Crippen molar-refractivity contribution in [2.75, 3.05) is 23.7 Å². The Morgan fingerprint density at radius 3 is 2.24 bits per heavy atom. The minimum absolute atomic E-state index is 0.0125. The molecular weight excluding hydrogens is 601 g/mol. The molecule has 0 aliphatic carbocycles. The first-order valence-electron chi connectivity index (χ1n) is 13.2. The molecule has 3 rings (SSSR count). The molecule has 0 bridgehead atoms. The molecule has 7 nitrogen and oxygen atoms in total. The van der Waals surface area contributed by atoms with Crippen molar-refractivity contribution >= 4 is 62.5 Å². The van der Waals surface area contributed by atoms with Gasteiger partial charge >= 0.3 is 0 Å². The number of nitrogens with one attached hydrogen (secondary N) is 1. The molecule has 0 unspecified atom stereocenters. The SMILES string of the molecule is CCCCNC(=O)[C@H](C)N(Cc1ccc(Cl)cc1Cl)C(=O)CN(c1ccc(C)cc1)S(=O)(=O)c1ccc(SC)cc1. The quantitative estimate of drug-likeness (QED) is 0.170. The van der Waals surface area contributed by atoms with Crippen molar-refractivity contribution < 1.29 is 18.0 Å². The number of rotatable bonds is 13. The lowest BCUT2D eigenvalue weighted by Crippen LogP contribution is -2.51. The van der Waals surface area contributed by atoms with Crippen LogP contribution in [0.3, 0.4) is 0 Å². The fraction of sp³-hybridized carbons (Fsp3) is 0.333. The number of nitrogens with zero attached hydrogens (tertiary/aromatic N) is 2. The van der Waals surface area contributed by atoms with Crippen LogP contribution >= 0.6 is 35.0 Å². The molecule has 0 saturated heterocycles. The summed E-state index contributed by atoms with van der Waals surface area (Å²) in [6.45, 7) is 5.47. The van der Waals surface area contributed by atoms with E-state index in [2.05, 4.69) is 5.32 Å². The Bertz CT molecular complexity index is 1450. The van der Waals surface area contributed by atoms with Crippen LogP contribution in [0.4, 0.5) is 5.69 Å². The van der Waals surface area contributed by atoms with Gasteiger partial charge in [0.1, 0.15) is 12.6 Å². The first kappa shape index (κ1) is 32.8. The maximum absolute atomic E-state index is 14.0. The molecule has 0 aromatic heterocycles. The first-order chi connectivity index (χ1) is 19.5. The third-order valence-corrected chi connectivity index (χ3v) is 9.72. The van der Waals surface area contributed by atoms with Crippen LogP contribution in [-0.2, 0) is 26.2 Å². The lowest BCUT2D eigenvalue weighted by atomic mass is 10.1. The predicted molar refractivity (Wildman–Crippen MR) is 168 cm³/mol. The minimum Gasteiger partial charge on any atom is -0.354 e. The molecule has 1 N–H and O–H groups in total. The van der Waals surface area contributed by atoms with E-state index in [4.69, 9.17) is 23.2 Å². The third kappa shape index (κ3) is 8.64. The Morgan fingerprint density at radius 2 is 1.66 bits per heavy atom. The van der Waals surface area contributed by atoms with Gasteiger partial charge in [-0.25, -0.2) is 8.42 Å². The average Bonchev–Trinajstić information content (AvgIpc) is 2.95. The summed E-state index contributed by atoms with van der Waals surface area (Å²) in [6, 6.07) is 17.4. The molecule has 41 heavy (non-hydrogen) atoms.